The molecule has 1 heterocycles. The van der Waals surface area contributed by atoms with Gasteiger partial charge in [-0.25, -0.2) is 9.78 Å². The standard InChI is InChI=1S/C13H13N3O3S/c17-11(18)6-5-9-3-1-2-4-10(9)15-12(19)16-13-14-7-8-20-13/h1-4,7-8H,5-6H2,(H,17,18)(H2,14,15,16,19). The number of amides is 2. The van der Waals surface area contributed by atoms with Gasteiger partial charge in [0.1, 0.15) is 0 Å². The van der Waals surface area contributed by atoms with Crippen molar-refractivity contribution >= 4 is 34.2 Å². The number of urea groups is 1. The first-order valence-electron chi connectivity index (χ1n) is 5.92. The Bertz CT molecular complexity index is 599. The van der Waals surface area contributed by atoms with Crippen LogP contribution in [0.4, 0.5) is 15.6 Å². The lowest BCUT2D eigenvalue weighted by molar-refractivity contribution is -0.136. The molecule has 0 fully saturated rings. The normalized spacial score (nSPS) is 10.0. The van der Waals surface area contributed by atoms with Crippen LogP contribution in [-0.4, -0.2) is 22.1 Å². The number of carboxylic acids is 1. The van der Waals surface area contributed by atoms with Crippen molar-refractivity contribution in [1.82, 2.24) is 4.98 Å². The third-order valence-electron chi connectivity index (χ3n) is 2.53. The van der Waals surface area contributed by atoms with Gasteiger partial charge in [-0.15, -0.1) is 11.3 Å². The van der Waals surface area contributed by atoms with Crippen molar-refractivity contribution in [2.45, 2.75) is 12.8 Å². The van der Waals surface area contributed by atoms with Crippen molar-refractivity contribution < 1.29 is 14.7 Å². The Hall–Kier alpha value is -2.41. The van der Waals surface area contributed by atoms with E-state index in [0.717, 1.165) is 5.56 Å². The average Bonchev–Trinajstić information content (AvgIpc) is 2.90. The molecule has 0 atom stereocenters. The van der Waals surface area contributed by atoms with Crippen molar-refractivity contribution in [3.63, 3.8) is 0 Å². The molecule has 104 valence electrons. The summed E-state index contributed by atoms with van der Waals surface area (Å²) in [7, 11) is 0. The topological polar surface area (TPSA) is 91.3 Å². The number of hydrogen-bond donors (Lipinski definition) is 3. The second-order valence-corrected chi connectivity index (χ2v) is 4.86. The number of carbonyl (C=O) groups is 2. The zero-order valence-corrected chi connectivity index (χ0v) is 11.3. The molecule has 0 saturated carbocycles. The fourth-order valence-corrected chi connectivity index (χ4v) is 2.16. The van der Waals surface area contributed by atoms with Crippen LogP contribution >= 0.6 is 11.3 Å². The number of aryl methyl sites for hydroxylation is 1. The SMILES string of the molecule is O=C(O)CCc1ccccc1NC(=O)Nc1nccs1. The highest BCUT2D eigenvalue weighted by atomic mass is 32.1. The predicted molar refractivity (Wildman–Crippen MR) is 77.2 cm³/mol. The Labute approximate surface area is 119 Å². The molecule has 6 nitrogen and oxygen atoms in total. The van der Waals surface area contributed by atoms with Gasteiger partial charge in [0.2, 0.25) is 0 Å². The first-order chi connectivity index (χ1) is 9.65. The first kappa shape index (κ1) is 14.0. The second-order valence-electron chi connectivity index (χ2n) is 3.97. The van der Waals surface area contributed by atoms with E-state index in [0.29, 0.717) is 17.2 Å². The molecule has 0 bridgehead atoms. The maximum atomic E-state index is 11.8. The van der Waals surface area contributed by atoms with Crippen LogP contribution < -0.4 is 10.6 Å². The molecule has 0 aliphatic rings. The van der Waals surface area contributed by atoms with E-state index in [1.165, 1.54) is 11.3 Å². The number of aromatic nitrogens is 1. The maximum Gasteiger partial charge on any atom is 0.325 e. The Kier molecular flexibility index (Phi) is 4.67. The average molecular weight is 291 g/mol. The summed E-state index contributed by atoms with van der Waals surface area (Å²) in [5.41, 5.74) is 1.38. The number of carbonyl (C=O) groups excluding carboxylic acids is 1. The van der Waals surface area contributed by atoms with Crippen molar-refractivity contribution in [1.29, 1.82) is 0 Å². The van der Waals surface area contributed by atoms with E-state index in [-0.39, 0.29) is 6.42 Å². The molecule has 0 aliphatic heterocycles. The molecule has 0 saturated heterocycles. The van der Waals surface area contributed by atoms with Gasteiger partial charge < -0.3 is 10.4 Å². The molecular formula is C13H13N3O3S. The van der Waals surface area contributed by atoms with Crippen LogP contribution in [0.3, 0.4) is 0 Å². The van der Waals surface area contributed by atoms with Crippen molar-refractivity contribution in [2.75, 3.05) is 10.6 Å². The van der Waals surface area contributed by atoms with Gasteiger partial charge in [-0.05, 0) is 18.1 Å². The smallest absolute Gasteiger partial charge is 0.325 e. The summed E-state index contributed by atoms with van der Waals surface area (Å²) in [4.78, 5) is 26.4. The first-order valence-corrected chi connectivity index (χ1v) is 6.80. The van der Waals surface area contributed by atoms with Gasteiger partial charge in [-0.3, -0.25) is 10.1 Å². The number of para-hydroxylation sites is 1. The van der Waals surface area contributed by atoms with E-state index < -0.39 is 12.0 Å². The molecule has 2 rings (SSSR count). The Balaban J connectivity index is 2.01. The Morgan fingerprint density at radius 2 is 2.05 bits per heavy atom. The monoisotopic (exact) mass is 291 g/mol. The molecule has 0 aliphatic carbocycles. The van der Waals surface area contributed by atoms with E-state index in [4.69, 9.17) is 5.11 Å². The molecular weight excluding hydrogens is 278 g/mol. The van der Waals surface area contributed by atoms with E-state index in [1.54, 1.807) is 35.8 Å². The molecule has 7 heteroatoms. The van der Waals surface area contributed by atoms with Gasteiger partial charge in [-0.1, -0.05) is 18.2 Å². The number of hydrogen-bond acceptors (Lipinski definition) is 4. The lowest BCUT2D eigenvalue weighted by Gasteiger charge is -2.10. The van der Waals surface area contributed by atoms with Gasteiger partial charge in [0.05, 0.1) is 0 Å². The van der Waals surface area contributed by atoms with Crippen LogP contribution in [0.2, 0.25) is 0 Å². The van der Waals surface area contributed by atoms with Crippen LogP contribution in [0.5, 0.6) is 0 Å². The summed E-state index contributed by atoms with van der Waals surface area (Å²) in [6.45, 7) is 0. The molecule has 0 spiro atoms. The van der Waals surface area contributed by atoms with E-state index in [9.17, 15) is 9.59 Å². The number of anilines is 2. The van der Waals surface area contributed by atoms with Gasteiger partial charge in [-0.2, -0.15) is 0 Å². The molecule has 1 aromatic heterocycles. The van der Waals surface area contributed by atoms with E-state index in [1.807, 2.05) is 0 Å². The van der Waals surface area contributed by atoms with E-state index in [2.05, 4.69) is 15.6 Å². The number of nitrogens with one attached hydrogen (secondary N) is 2. The van der Waals surface area contributed by atoms with Crippen molar-refractivity contribution in [3.05, 3.63) is 41.4 Å². The second kappa shape index (κ2) is 6.67. The molecule has 0 radical (unpaired) electrons. The number of nitrogens with zero attached hydrogens (tertiary/aromatic N) is 1. The predicted octanol–water partition coefficient (Wildman–Crippen LogP) is 2.80. The minimum absolute atomic E-state index is 0.0206. The maximum absolute atomic E-state index is 11.8. The number of thiazole rings is 1. The van der Waals surface area contributed by atoms with Gasteiger partial charge in [0.25, 0.3) is 0 Å². The van der Waals surface area contributed by atoms with Crippen LogP contribution in [0.25, 0.3) is 0 Å². The quantitative estimate of drug-likeness (QED) is 0.790. The summed E-state index contributed by atoms with van der Waals surface area (Å²) in [6.07, 6.45) is 1.98. The Morgan fingerprint density at radius 1 is 1.25 bits per heavy atom. The van der Waals surface area contributed by atoms with Gasteiger partial charge >= 0.3 is 12.0 Å². The minimum Gasteiger partial charge on any atom is -0.481 e. The summed E-state index contributed by atoms with van der Waals surface area (Å²) in [5, 5.41) is 16.3. The van der Waals surface area contributed by atoms with Crippen LogP contribution in [0.15, 0.2) is 35.8 Å². The number of carboxylic acid groups (broad SMARTS) is 1. The van der Waals surface area contributed by atoms with Gasteiger partial charge in [0, 0.05) is 23.7 Å². The summed E-state index contributed by atoms with van der Waals surface area (Å²) in [5.74, 6) is -0.868. The van der Waals surface area contributed by atoms with Crippen molar-refractivity contribution in [2.24, 2.45) is 0 Å². The third kappa shape index (κ3) is 4.06. The highest BCUT2D eigenvalue weighted by Crippen LogP contribution is 2.18. The van der Waals surface area contributed by atoms with Crippen LogP contribution in [0.1, 0.15) is 12.0 Å². The summed E-state index contributed by atoms with van der Waals surface area (Å²) >= 11 is 1.32. The number of benzene rings is 1. The highest BCUT2D eigenvalue weighted by Gasteiger charge is 2.08. The zero-order chi connectivity index (χ0) is 14.4. The number of rotatable bonds is 5. The molecule has 0 unspecified atom stereocenters. The Morgan fingerprint density at radius 3 is 2.75 bits per heavy atom. The zero-order valence-electron chi connectivity index (χ0n) is 10.5. The highest BCUT2D eigenvalue weighted by molar-refractivity contribution is 7.13. The molecule has 2 aromatic rings. The van der Waals surface area contributed by atoms with Crippen LogP contribution in [-0.2, 0) is 11.2 Å². The minimum atomic E-state index is -0.868. The lowest BCUT2D eigenvalue weighted by Crippen LogP contribution is -2.20. The molecule has 1 aromatic carbocycles. The fourth-order valence-electron chi connectivity index (χ4n) is 1.64. The number of aliphatic carboxylic acids is 1. The fraction of sp³-hybridized carbons (Fsp3) is 0.154. The van der Waals surface area contributed by atoms with Gasteiger partial charge in [0.15, 0.2) is 5.13 Å². The largest absolute Gasteiger partial charge is 0.481 e. The summed E-state index contributed by atoms with van der Waals surface area (Å²) < 4.78 is 0. The summed E-state index contributed by atoms with van der Waals surface area (Å²) in [6, 6.07) is 6.72. The van der Waals surface area contributed by atoms with Crippen LogP contribution in [0, 0.1) is 0 Å². The lowest BCUT2D eigenvalue weighted by atomic mass is 10.1. The third-order valence-corrected chi connectivity index (χ3v) is 3.22. The van der Waals surface area contributed by atoms with Crippen molar-refractivity contribution in [3.8, 4) is 0 Å². The molecule has 2 amide bonds. The molecule has 3 N–H and O–H groups in total. The van der Waals surface area contributed by atoms with E-state index >= 15 is 0 Å². The molecule has 20 heavy (non-hydrogen) atoms.